The number of nitrogens with zero attached hydrogens (tertiary/aromatic N) is 2. The summed E-state index contributed by atoms with van der Waals surface area (Å²) in [5.74, 6) is 0.323. The van der Waals surface area contributed by atoms with E-state index in [1.165, 1.54) is 17.5 Å². The summed E-state index contributed by atoms with van der Waals surface area (Å²) in [7, 11) is 1.57. The van der Waals surface area contributed by atoms with Crippen molar-refractivity contribution in [2.24, 2.45) is 0 Å². The van der Waals surface area contributed by atoms with Crippen LogP contribution >= 0.6 is 23.2 Å². The molecular formula is C18H18Cl2N2O3. The maximum Gasteiger partial charge on any atom is 0.282 e. The van der Waals surface area contributed by atoms with Gasteiger partial charge in [0.25, 0.3) is 5.91 Å². The van der Waals surface area contributed by atoms with Crippen molar-refractivity contribution >= 4 is 34.8 Å². The van der Waals surface area contributed by atoms with Gasteiger partial charge >= 0.3 is 0 Å². The third-order valence-electron chi connectivity index (χ3n) is 4.11. The zero-order chi connectivity index (χ0) is 17.8. The number of hydrogen-bond acceptors (Lipinski definition) is 4. The molecule has 0 spiro atoms. The van der Waals surface area contributed by atoms with Gasteiger partial charge in [0.15, 0.2) is 0 Å². The number of ether oxygens (including phenoxy) is 1. The van der Waals surface area contributed by atoms with Crippen molar-refractivity contribution in [3.63, 3.8) is 0 Å². The SMILES string of the molecule is COc1ccc(C(=O)N(OC2CCCC2)c2c(Cl)cncc2Cl)cc1. The molecule has 7 heteroatoms. The Balaban J connectivity index is 1.95. The molecule has 1 saturated carbocycles. The fourth-order valence-electron chi connectivity index (χ4n) is 2.79. The van der Waals surface area contributed by atoms with Gasteiger partial charge in [0.2, 0.25) is 0 Å². The van der Waals surface area contributed by atoms with Crippen LogP contribution in [0.4, 0.5) is 5.69 Å². The number of amides is 1. The second-order valence-electron chi connectivity index (χ2n) is 5.79. The first-order chi connectivity index (χ1) is 12.1. The van der Waals surface area contributed by atoms with Crippen LogP contribution in [0.3, 0.4) is 0 Å². The zero-order valence-corrected chi connectivity index (χ0v) is 15.3. The average Bonchev–Trinajstić information content (AvgIpc) is 3.13. The Labute approximate surface area is 156 Å². The van der Waals surface area contributed by atoms with Crippen LogP contribution in [0.5, 0.6) is 5.75 Å². The van der Waals surface area contributed by atoms with Crippen molar-refractivity contribution in [3.05, 3.63) is 52.3 Å². The summed E-state index contributed by atoms with van der Waals surface area (Å²) in [6.45, 7) is 0. The molecule has 0 saturated heterocycles. The first-order valence-corrected chi connectivity index (χ1v) is 8.80. The van der Waals surface area contributed by atoms with Gasteiger partial charge in [-0.05, 0) is 37.1 Å². The Hall–Kier alpha value is -1.82. The number of benzene rings is 1. The lowest BCUT2D eigenvalue weighted by Crippen LogP contribution is -2.35. The van der Waals surface area contributed by atoms with Gasteiger partial charge in [-0.15, -0.1) is 0 Å². The monoisotopic (exact) mass is 380 g/mol. The van der Waals surface area contributed by atoms with E-state index < -0.39 is 0 Å². The molecule has 1 aliphatic carbocycles. The number of aromatic nitrogens is 1. The van der Waals surface area contributed by atoms with E-state index in [-0.39, 0.29) is 22.1 Å². The largest absolute Gasteiger partial charge is 0.497 e. The maximum atomic E-state index is 13.1. The molecule has 132 valence electrons. The van der Waals surface area contributed by atoms with E-state index in [0.29, 0.717) is 17.0 Å². The Morgan fingerprint density at radius 2 is 1.72 bits per heavy atom. The van der Waals surface area contributed by atoms with E-state index in [2.05, 4.69) is 4.98 Å². The third-order valence-corrected chi connectivity index (χ3v) is 4.66. The van der Waals surface area contributed by atoms with Crippen LogP contribution in [-0.2, 0) is 4.84 Å². The number of rotatable bonds is 5. The molecule has 1 aromatic heterocycles. The molecule has 1 aliphatic rings. The Morgan fingerprint density at radius 3 is 2.28 bits per heavy atom. The summed E-state index contributed by atoms with van der Waals surface area (Å²) in [5.41, 5.74) is 0.758. The Bertz CT molecular complexity index is 726. The van der Waals surface area contributed by atoms with Crippen LogP contribution in [0, 0.1) is 0 Å². The third kappa shape index (κ3) is 4.06. The zero-order valence-electron chi connectivity index (χ0n) is 13.7. The average molecular weight is 381 g/mol. The molecule has 3 rings (SSSR count). The fraction of sp³-hybridized carbons (Fsp3) is 0.333. The van der Waals surface area contributed by atoms with Gasteiger partial charge in [-0.2, -0.15) is 5.06 Å². The van der Waals surface area contributed by atoms with Crippen molar-refractivity contribution in [3.8, 4) is 5.75 Å². The highest BCUT2D eigenvalue weighted by Crippen LogP contribution is 2.35. The van der Waals surface area contributed by atoms with Crippen LogP contribution < -0.4 is 9.80 Å². The molecule has 0 N–H and O–H groups in total. The summed E-state index contributed by atoms with van der Waals surface area (Å²) in [6, 6.07) is 6.79. The highest BCUT2D eigenvalue weighted by molar-refractivity contribution is 6.39. The van der Waals surface area contributed by atoms with Gasteiger partial charge in [-0.25, -0.2) is 0 Å². The molecule has 5 nitrogen and oxygen atoms in total. The van der Waals surface area contributed by atoms with E-state index in [1.807, 2.05) is 0 Å². The first-order valence-electron chi connectivity index (χ1n) is 8.04. The molecule has 0 atom stereocenters. The van der Waals surface area contributed by atoms with Gasteiger partial charge in [0.1, 0.15) is 11.4 Å². The Kier molecular flexibility index (Phi) is 5.78. The minimum atomic E-state index is -0.343. The highest BCUT2D eigenvalue weighted by Gasteiger charge is 2.28. The second-order valence-corrected chi connectivity index (χ2v) is 6.61. The van der Waals surface area contributed by atoms with E-state index in [9.17, 15) is 4.79 Å². The number of halogens is 2. The van der Waals surface area contributed by atoms with Crippen molar-refractivity contribution in [1.82, 2.24) is 4.98 Å². The Morgan fingerprint density at radius 1 is 1.12 bits per heavy atom. The van der Waals surface area contributed by atoms with Gasteiger partial charge in [-0.3, -0.25) is 14.6 Å². The molecule has 1 fully saturated rings. The van der Waals surface area contributed by atoms with Crippen LogP contribution in [0.2, 0.25) is 10.0 Å². The number of carbonyl (C=O) groups is 1. The molecular weight excluding hydrogens is 363 g/mol. The molecule has 1 amide bonds. The van der Waals surface area contributed by atoms with Gasteiger partial charge in [-0.1, -0.05) is 36.0 Å². The number of carbonyl (C=O) groups excluding carboxylic acids is 1. The summed E-state index contributed by atoms with van der Waals surface area (Å²) in [6.07, 6.45) is 6.78. The highest BCUT2D eigenvalue weighted by atomic mass is 35.5. The maximum absolute atomic E-state index is 13.1. The van der Waals surface area contributed by atoms with Crippen molar-refractivity contribution in [2.45, 2.75) is 31.8 Å². The molecule has 2 aromatic rings. The summed E-state index contributed by atoms with van der Waals surface area (Å²) >= 11 is 12.5. The van der Waals surface area contributed by atoms with Crippen LogP contribution in [0.25, 0.3) is 0 Å². The van der Waals surface area contributed by atoms with E-state index in [0.717, 1.165) is 25.7 Å². The lowest BCUT2D eigenvalue weighted by atomic mass is 10.2. The molecule has 25 heavy (non-hydrogen) atoms. The minimum Gasteiger partial charge on any atom is -0.497 e. The smallest absolute Gasteiger partial charge is 0.282 e. The van der Waals surface area contributed by atoms with E-state index >= 15 is 0 Å². The number of anilines is 1. The van der Waals surface area contributed by atoms with Gasteiger partial charge < -0.3 is 4.74 Å². The predicted molar refractivity (Wildman–Crippen MR) is 97.4 cm³/mol. The van der Waals surface area contributed by atoms with Crippen LogP contribution in [0.1, 0.15) is 36.0 Å². The minimum absolute atomic E-state index is 0.0394. The first kappa shape index (κ1) is 18.0. The van der Waals surface area contributed by atoms with Crippen LogP contribution in [-0.4, -0.2) is 24.1 Å². The molecule has 0 radical (unpaired) electrons. The lowest BCUT2D eigenvalue weighted by molar-refractivity contribution is 0.0305. The lowest BCUT2D eigenvalue weighted by Gasteiger charge is -2.26. The summed E-state index contributed by atoms with van der Waals surface area (Å²) in [5, 5.41) is 1.71. The van der Waals surface area contributed by atoms with E-state index in [4.69, 9.17) is 32.8 Å². The topological polar surface area (TPSA) is 51.7 Å². The molecule has 0 bridgehead atoms. The van der Waals surface area contributed by atoms with Crippen LogP contribution in [0.15, 0.2) is 36.7 Å². The molecule has 0 aliphatic heterocycles. The van der Waals surface area contributed by atoms with E-state index in [1.54, 1.807) is 31.4 Å². The standard InChI is InChI=1S/C18H18Cl2N2O3/c1-24-13-8-6-12(7-9-13)18(23)22(25-14-4-2-3-5-14)17-15(19)10-21-11-16(17)20/h6-11,14H,2-5H2,1H3. The second kappa shape index (κ2) is 8.04. The number of pyridine rings is 1. The molecule has 1 heterocycles. The summed E-state index contributed by atoms with van der Waals surface area (Å²) in [4.78, 5) is 23.0. The quantitative estimate of drug-likeness (QED) is 0.690. The van der Waals surface area contributed by atoms with Gasteiger partial charge in [0.05, 0.1) is 23.3 Å². The summed E-state index contributed by atoms with van der Waals surface area (Å²) < 4.78 is 5.13. The molecule has 1 aromatic carbocycles. The number of hydrogen-bond donors (Lipinski definition) is 0. The van der Waals surface area contributed by atoms with Crippen molar-refractivity contribution in [2.75, 3.05) is 12.2 Å². The number of methoxy groups -OCH3 is 1. The van der Waals surface area contributed by atoms with Gasteiger partial charge in [0, 0.05) is 18.0 Å². The normalized spacial score (nSPS) is 14.5. The van der Waals surface area contributed by atoms with Crippen molar-refractivity contribution in [1.29, 1.82) is 0 Å². The predicted octanol–water partition coefficient (Wildman–Crippen LogP) is 4.92. The molecule has 0 unspecified atom stereocenters. The van der Waals surface area contributed by atoms with Crippen molar-refractivity contribution < 1.29 is 14.4 Å². The number of hydroxylamine groups is 1. The fourth-order valence-corrected chi connectivity index (χ4v) is 3.31.